The van der Waals surface area contributed by atoms with Crippen LogP contribution in [0.1, 0.15) is 21.5 Å². The number of rotatable bonds is 4. The fourth-order valence-electron chi connectivity index (χ4n) is 0.209. The van der Waals surface area contributed by atoms with Gasteiger partial charge in [-0.2, -0.15) is 8.42 Å². The Hall–Kier alpha value is -0.620. The second-order valence-electron chi connectivity index (χ2n) is 1.51. The molecule has 1 amide bonds. The van der Waals surface area contributed by atoms with Gasteiger partial charge in [0, 0.05) is 21.6 Å². The second kappa shape index (κ2) is 4.30. The van der Waals surface area contributed by atoms with Crippen LogP contribution in [-0.4, -0.2) is 31.1 Å². The number of carbonyl (C=O) groups is 1. The second-order valence-corrected chi connectivity index (χ2v) is 2.66. The predicted molar refractivity (Wildman–Crippen MR) is 39.7 cm³/mol. The molecule has 0 heterocycles. The molecule has 5 nitrogen and oxygen atoms in total. The highest BCUT2D eigenvalue weighted by Gasteiger charge is 2.02. The van der Waals surface area contributed by atoms with Crippen LogP contribution in [0.3, 0.4) is 0 Å². The van der Waals surface area contributed by atoms with Crippen molar-refractivity contribution in [3.05, 3.63) is 0 Å². The van der Waals surface area contributed by atoms with Crippen molar-refractivity contribution in [1.29, 1.82) is 0 Å². The SMILES string of the molecule is [2H]C([2H])(NC(C)=O)C([2H])([2H])C([2H])([2H])S(=O)(=O)O. The van der Waals surface area contributed by atoms with Gasteiger partial charge in [0.1, 0.15) is 0 Å². The van der Waals surface area contributed by atoms with E-state index in [0.717, 1.165) is 6.92 Å². The molecule has 6 heteroatoms. The maximum absolute atomic E-state index is 10.7. The van der Waals surface area contributed by atoms with Crippen LogP contribution in [0.4, 0.5) is 0 Å². The molecule has 0 saturated heterocycles. The van der Waals surface area contributed by atoms with Crippen molar-refractivity contribution >= 4 is 16.0 Å². The van der Waals surface area contributed by atoms with Crippen LogP contribution in [-0.2, 0) is 14.9 Å². The van der Waals surface area contributed by atoms with Gasteiger partial charge >= 0.3 is 0 Å². The van der Waals surface area contributed by atoms with E-state index in [-0.39, 0.29) is 0 Å². The summed E-state index contributed by atoms with van der Waals surface area (Å²) in [5, 5.41) is 1.44. The molecule has 0 saturated carbocycles. The van der Waals surface area contributed by atoms with Crippen LogP contribution in [0.2, 0.25) is 0 Å². The zero-order valence-electron chi connectivity index (χ0n) is 11.6. The average molecular weight is 187 g/mol. The number of hydrogen-bond donors (Lipinski definition) is 2. The van der Waals surface area contributed by atoms with Crippen molar-refractivity contribution in [1.82, 2.24) is 5.32 Å². The standard InChI is InChI=1S/C5H11NO4S/c1-5(7)6-3-2-4-11(8,9)10/h2-4H2,1H3,(H,6,7)(H,8,9,10)/i2D2,3D2,4D2. The first-order chi connectivity index (χ1) is 7.17. The van der Waals surface area contributed by atoms with E-state index in [0.29, 0.717) is 0 Å². The van der Waals surface area contributed by atoms with Gasteiger partial charge in [-0.3, -0.25) is 9.35 Å². The van der Waals surface area contributed by atoms with Crippen LogP contribution < -0.4 is 5.32 Å². The average Bonchev–Trinajstić information content (AvgIpc) is 1.98. The third kappa shape index (κ3) is 9.38. The van der Waals surface area contributed by atoms with Crippen molar-refractivity contribution in [2.45, 2.75) is 13.3 Å². The first kappa shape index (κ1) is 3.86. The van der Waals surface area contributed by atoms with Crippen LogP contribution in [0.15, 0.2) is 0 Å². The summed E-state index contributed by atoms with van der Waals surface area (Å²) < 4.78 is 72.4. The lowest BCUT2D eigenvalue weighted by Gasteiger charge is -1.98. The Morgan fingerprint density at radius 1 is 1.73 bits per heavy atom. The van der Waals surface area contributed by atoms with Crippen LogP contribution in [0.25, 0.3) is 0 Å². The smallest absolute Gasteiger partial charge is 0.264 e. The van der Waals surface area contributed by atoms with Crippen molar-refractivity contribution in [2.24, 2.45) is 0 Å². The fraction of sp³-hybridized carbons (Fsp3) is 0.800. The van der Waals surface area contributed by atoms with Crippen molar-refractivity contribution in [3.8, 4) is 0 Å². The summed E-state index contributed by atoms with van der Waals surface area (Å²) in [5.41, 5.74) is -3.92. The molecule has 0 unspecified atom stereocenters. The molecule has 0 aromatic rings. The molecular weight excluding hydrogens is 170 g/mol. The molecule has 0 spiro atoms. The lowest BCUT2D eigenvalue weighted by Crippen LogP contribution is -2.22. The summed E-state index contributed by atoms with van der Waals surface area (Å²) >= 11 is 0. The minimum Gasteiger partial charge on any atom is -0.356 e. The van der Waals surface area contributed by atoms with E-state index in [4.69, 9.17) is 12.8 Å². The zero-order valence-corrected chi connectivity index (χ0v) is 6.40. The van der Waals surface area contributed by atoms with Gasteiger partial charge in [0.05, 0.1) is 5.70 Å². The summed E-state index contributed by atoms with van der Waals surface area (Å²) in [7, 11) is -5.51. The summed E-state index contributed by atoms with van der Waals surface area (Å²) in [6.07, 6.45) is -3.70. The number of hydrogen-bond acceptors (Lipinski definition) is 3. The zero-order chi connectivity index (χ0) is 14.3. The molecular formula is C5H11NO4S. The number of carbonyl (C=O) groups excluding carboxylic acids is 1. The molecule has 2 N–H and O–H groups in total. The third-order valence-electron chi connectivity index (χ3n) is 0.481. The Morgan fingerprint density at radius 3 is 2.64 bits per heavy atom. The van der Waals surface area contributed by atoms with Gasteiger partial charge in [-0.05, 0) is 6.37 Å². The molecule has 0 fully saturated rings. The van der Waals surface area contributed by atoms with Gasteiger partial charge in [0.25, 0.3) is 10.1 Å². The molecule has 0 bridgehead atoms. The van der Waals surface area contributed by atoms with Crippen molar-refractivity contribution in [3.63, 3.8) is 0 Å². The lowest BCUT2D eigenvalue weighted by atomic mass is 10.5. The highest BCUT2D eigenvalue weighted by atomic mass is 32.2. The van der Waals surface area contributed by atoms with Gasteiger partial charge in [0.15, 0.2) is 0 Å². The monoisotopic (exact) mass is 187 g/mol. The summed E-state index contributed by atoms with van der Waals surface area (Å²) in [4.78, 5) is 10.6. The van der Waals surface area contributed by atoms with E-state index in [9.17, 15) is 13.2 Å². The molecule has 0 radical (unpaired) electrons. The topological polar surface area (TPSA) is 83.5 Å². The summed E-state index contributed by atoms with van der Waals surface area (Å²) in [5.74, 6) is -1.02. The minimum absolute atomic E-state index is 0.844. The highest BCUT2D eigenvalue weighted by Crippen LogP contribution is 1.85. The Morgan fingerprint density at radius 2 is 2.27 bits per heavy atom. The molecule has 0 aliphatic rings. The van der Waals surface area contributed by atoms with E-state index >= 15 is 0 Å². The van der Waals surface area contributed by atoms with Crippen LogP contribution in [0, 0.1) is 0 Å². The summed E-state index contributed by atoms with van der Waals surface area (Å²) in [6.45, 7) is -2.48. The van der Waals surface area contributed by atoms with E-state index in [2.05, 4.69) is 0 Å². The van der Waals surface area contributed by atoms with Gasteiger partial charge in [-0.25, -0.2) is 0 Å². The first-order valence-corrected chi connectivity index (χ1v) is 3.86. The molecule has 0 aromatic carbocycles. The fourth-order valence-corrected chi connectivity index (χ4v) is 0.389. The van der Waals surface area contributed by atoms with Crippen molar-refractivity contribution < 1.29 is 26.0 Å². The lowest BCUT2D eigenvalue weighted by molar-refractivity contribution is -0.118. The summed E-state index contributed by atoms with van der Waals surface area (Å²) in [6, 6.07) is 0. The quantitative estimate of drug-likeness (QED) is 0.576. The van der Waals surface area contributed by atoms with Crippen LogP contribution >= 0.6 is 0 Å². The predicted octanol–water partition coefficient (Wildman–Crippen LogP) is -0.600. The Labute approximate surface area is 74.0 Å². The Kier molecular flexibility index (Phi) is 1.51. The normalized spacial score (nSPS) is 23.1. The van der Waals surface area contributed by atoms with Gasteiger partial charge in [-0.1, -0.05) is 0 Å². The molecule has 0 aliphatic carbocycles. The Bertz CT molecular complexity index is 418. The molecule has 11 heavy (non-hydrogen) atoms. The van der Waals surface area contributed by atoms with Crippen molar-refractivity contribution in [2.75, 3.05) is 12.2 Å². The van der Waals surface area contributed by atoms with Crippen LogP contribution in [0.5, 0.6) is 0 Å². The van der Waals surface area contributed by atoms with Gasteiger partial charge < -0.3 is 5.32 Å². The van der Waals surface area contributed by atoms with E-state index in [1.807, 2.05) is 0 Å². The largest absolute Gasteiger partial charge is 0.356 e. The van der Waals surface area contributed by atoms with E-state index in [1.54, 1.807) is 0 Å². The highest BCUT2D eigenvalue weighted by molar-refractivity contribution is 7.85. The van der Waals surface area contributed by atoms with Gasteiger partial charge in [0.2, 0.25) is 5.91 Å². The molecule has 0 rings (SSSR count). The molecule has 0 aromatic heterocycles. The maximum Gasteiger partial charge on any atom is 0.264 e. The van der Waals surface area contributed by atoms with E-state index in [1.165, 1.54) is 5.32 Å². The van der Waals surface area contributed by atoms with Gasteiger partial charge in [-0.15, -0.1) is 0 Å². The number of amides is 1. The first-order valence-electron chi connectivity index (χ1n) is 5.42. The number of nitrogens with one attached hydrogen (secondary N) is 1. The van der Waals surface area contributed by atoms with E-state index < -0.39 is 34.6 Å². The minimum atomic E-state index is -5.51. The Balaban J connectivity index is 5.63. The maximum atomic E-state index is 10.7. The third-order valence-corrected chi connectivity index (χ3v) is 0.841. The molecule has 0 atom stereocenters. The molecule has 66 valence electrons. The molecule has 0 aliphatic heterocycles.